The lowest BCUT2D eigenvalue weighted by Gasteiger charge is -2.03. The van der Waals surface area contributed by atoms with Crippen molar-refractivity contribution in [2.24, 2.45) is 0 Å². The van der Waals surface area contributed by atoms with Crippen LogP contribution in [0.15, 0.2) is 21.5 Å². The molecule has 0 spiro atoms. The Kier molecular flexibility index (Phi) is 3.04. The third kappa shape index (κ3) is 2.00. The van der Waals surface area contributed by atoms with Crippen LogP contribution in [0.3, 0.4) is 0 Å². The number of phenols is 1. The minimum atomic E-state index is -3.93. The van der Waals surface area contributed by atoms with Crippen LogP contribution in [0.25, 0.3) is 0 Å². The molecular weight excluding hydrogens is 294 g/mol. The highest BCUT2D eigenvalue weighted by Gasteiger charge is 2.19. The molecule has 7 heteroatoms. The Hall–Kier alpha value is -0.770. The molecule has 0 saturated heterocycles. The first kappa shape index (κ1) is 11.3. The minimum absolute atomic E-state index is 0.0269. The van der Waals surface area contributed by atoms with Crippen molar-refractivity contribution in [3.63, 3.8) is 0 Å². The van der Waals surface area contributed by atoms with Gasteiger partial charge in [0.1, 0.15) is 16.7 Å². The molecule has 4 nitrogen and oxygen atoms in total. The second kappa shape index (κ2) is 3.77. The van der Waals surface area contributed by atoms with E-state index in [-0.39, 0.29) is 14.9 Å². The Balaban J connectivity index is 3.57. The van der Waals surface area contributed by atoms with E-state index in [4.69, 9.17) is 15.9 Å². The van der Waals surface area contributed by atoms with E-state index in [1.54, 1.807) is 6.07 Å². The topological polar surface area (TPSA) is 78.2 Å². The van der Waals surface area contributed by atoms with E-state index in [0.29, 0.717) is 0 Å². The van der Waals surface area contributed by atoms with Crippen molar-refractivity contribution in [2.45, 2.75) is 4.90 Å². The van der Waals surface area contributed by atoms with Crippen LogP contribution in [0, 0.1) is 11.3 Å². The summed E-state index contributed by atoms with van der Waals surface area (Å²) in [6, 6.07) is 4.02. The van der Waals surface area contributed by atoms with Crippen molar-refractivity contribution in [1.29, 1.82) is 5.26 Å². The maximum absolute atomic E-state index is 10.9. The summed E-state index contributed by atoms with van der Waals surface area (Å²) in [6.07, 6.45) is 0. The van der Waals surface area contributed by atoms with E-state index in [0.717, 1.165) is 6.07 Å². The first-order valence-corrected chi connectivity index (χ1v) is 6.34. The molecule has 0 atom stereocenters. The molecule has 0 aliphatic heterocycles. The monoisotopic (exact) mass is 295 g/mol. The van der Waals surface area contributed by atoms with Gasteiger partial charge in [0.25, 0.3) is 9.05 Å². The molecule has 0 saturated carbocycles. The number of nitrogens with zero attached hydrogens (tertiary/aromatic N) is 1. The second-order valence-corrected chi connectivity index (χ2v) is 5.65. The van der Waals surface area contributed by atoms with Crippen LogP contribution in [0.2, 0.25) is 0 Å². The van der Waals surface area contributed by atoms with Gasteiger partial charge in [-0.15, -0.1) is 0 Å². The average molecular weight is 297 g/mol. The van der Waals surface area contributed by atoms with Crippen LogP contribution in [0.1, 0.15) is 5.56 Å². The van der Waals surface area contributed by atoms with Crippen LogP contribution in [-0.2, 0) is 9.05 Å². The van der Waals surface area contributed by atoms with Gasteiger partial charge in [-0.25, -0.2) is 8.42 Å². The summed E-state index contributed by atoms with van der Waals surface area (Å²) in [5, 5.41) is 17.9. The summed E-state index contributed by atoms with van der Waals surface area (Å²) in [5.74, 6) is -0.436. The molecule has 0 amide bonds. The van der Waals surface area contributed by atoms with Crippen LogP contribution in [0.4, 0.5) is 0 Å². The third-order valence-electron chi connectivity index (χ3n) is 1.46. The summed E-state index contributed by atoms with van der Waals surface area (Å²) in [7, 11) is 1.15. The molecule has 0 aromatic heterocycles. The van der Waals surface area contributed by atoms with Gasteiger partial charge in [0.15, 0.2) is 0 Å². The Morgan fingerprint density at radius 1 is 1.50 bits per heavy atom. The molecule has 0 aliphatic carbocycles. The highest BCUT2D eigenvalue weighted by molar-refractivity contribution is 9.10. The van der Waals surface area contributed by atoms with E-state index >= 15 is 0 Å². The average Bonchev–Trinajstić information content (AvgIpc) is 2.07. The number of phenolic OH excluding ortho intramolecular Hbond substituents is 1. The molecule has 0 fully saturated rings. The van der Waals surface area contributed by atoms with Gasteiger partial charge in [-0.1, -0.05) is 0 Å². The lowest BCUT2D eigenvalue weighted by atomic mass is 10.2. The number of hydrogen-bond donors (Lipinski definition) is 1. The smallest absolute Gasteiger partial charge is 0.262 e. The molecule has 74 valence electrons. The van der Waals surface area contributed by atoms with Crippen LogP contribution in [-0.4, -0.2) is 13.5 Å². The zero-order valence-corrected chi connectivity index (χ0v) is 9.69. The van der Waals surface area contributed by atoms with Gasteiger partial charge in [0, 0.05) is 10.7 Å². The summed E-state index contributed by atoms with van der Waals surface area (Å²) in [6.45, 7) is 0. The normalized spacial score (nSPS) is 10.9. The quantitative estimate of drug-likeness (QED) is 0.804. The predicted octanol–water partition coefficient (Wildman–Crippen LogP) is 1.95. The highest BCUT2D eigenvalue weighted by Crippen LogP contribution is 2.34. The number of rotatable bonds is 1. The fourth-order valence-corrected chi connectivity index (χ4v) is 3.02. The Morgan fingerprint density at radius 3 is 2.50 bits per heavy atom. The van der Waals surface area contributed by atoms with Gasteiger partial charge in [-0.05, 0) is 28.1 Å². The molecule has 0 radical (unpaired) electrons. The van der Waals surface area contributed by atoms with Crippen molar-refractivity contribution >= 4 is 35.7 Å². The fraction of sp³-hybridized carbons (Fsp3) is 0. The first-order valence-electron chi connectivity index (χ1n) is 3.24. The number of halogens is 2. The SMILES string of the molecule is N#Cc1ccc(S(=O)(=O)Cl)c(Br)c1O. The van der Waals surface area contributed by atoms with Gasteiger partial charge in [0.05, 0.1) is 10.0 Å². The van der Waals surface area contributed by atoms with E-state index in [1.807, 2.05) is 0 Å². The zero-order chi connectivity index (χ0) is 10.9. The van der Waals surface area contributed by atoms with Gasteiger partial charge >= 0.3 is 0 Å². The summed E-state index contributed by atoms with van der Waals surface area (Å²) < 4.78 is 21.8. The fourth-order valence-electron chi connectivity index (χ4n) is 0.825. The van der Waals surface area contributed by atoms with Crippen molar-refractivity contribution in [2.75, 3.05) is 0 Å². The highest BCUT2D eigenvalue weighted by atomic mass is 79.9. The van der Waals surface area contributed by atoms with Gasteiger partial charge in [-0.2, -0.15) is 5.26 Å². The maximum atomic E-state index is 10.9. The standard InChI is InChI=1S/C7H3BrClNO3S/c8-6-5(14(9,12)13)2-1-4(3-10)7(6)11/h1-2,11H. The maximum Gasteiger partial charge on any atom is 0.262 e. The van der Waals surface area contributed by atoms with E-state index in [9.17, 15) is 13.5 Å². The Bertz CT molecular complexity index is 520. The zero-order valence-electron chi connectivity index (χ0n) is 6.53. The lowest BCUT2D eigenvalue weighted by molar-refractivity contribution is 0.467. The van der Waals surface area contributed by atoms with E-state index < -0.39 is 14.8 Å². The molecule has 1 aromatic rings. The predicted molar refractivity (Wildman–Crippen MR) is 53.6 cm³/mol. The number of hydrogen-bond acceptors (Lipinski definition) is 4. The summed E-state index contributed by atoms with van der Waals surface area (Å²) in [5.41, 5.74) is -0.0269. The Labute approximate surface area is 93.3 Å². The Morgan fingerprint density at radius 2 is 2.07 bits per heavy atom. The van der Waals surface area contributed by atoms with Crippen molar-refractivity contribution in [3.8, 4) is 11.8 Å². The van der Waals surface area contributed by atoms with E-state index in [2.05, 4.69) is 15.9 Å². The molecule has 1 rings (SSSR count). The third-order valence-corrected chi connectivity index (χ3v) is 3.89. The number of nitriles is 1. The van der Waals surface area contributed by atoms with Crippen LogP contribution >= 0.6 is 26.6 Å². The molecule has 1 aromatic carbocycles. The summed E-state index contributed by atoms with van der Waals surface area (Å²) in [4.78, 5) is -0.268. The first-order chi connectivity index (χ1) is 6.38. The van der Waals surface area contributed by atoms with Gasteiger partial charge in [0.2, 0.25) is 0 Å². The lowest BCUT2D eigenvalue weighted by Crippen LogP contribution is -1.93. The number of aromatic hydroxyl groups is 1. The van der Waals surface area contributed by atoms with Gasteiger partial charge < -0.3 is 5.11 Å². The largest absolute Gasteiger partial charge is 0.505 e. The molecule has 0 heterocycles. The van der Waals surface area contributed by atoms with Crippen LogP contribution < -0.4 is 0 Å². The second-order valence-electron chi connectivity index (χ2n) is 2.32. The van der Waals surface area contributed by atoms with E-state index in [1.165, 1.54) is 6.07 Å². The molecule has 0 aliphatic rings. The van der Waals surface area contributed by atoms with Crippen LogP contribution in [0.5, 0.6) is 5.75 Å². The van der Waals surface area contributed by atoms with Crippen molar-refractivity contribution in [3.05, 3.63) is 22.2 Å². The minimum Gasteiger partial charge on any atom is -0.505 e. The molecule has 1 N–H and O–H groups in total. The molecule has 0 unspecified atom stereocenters. The van der Waals surface area contributed by atoms with Crippen molar-refractivity contribution < 1.29 is 13.5 Å². The number of benzene rings is 1. The molecule has 14 heavy (non-hydrogen) atoms. The van der Waals surface area contributed by atoms with Crippen molar-refractivity contribution in [1.82, 2.24) is 0 Å². The van der Waals surface area contributed by atoms with Gasteiger partial charge in [-0.3, -0.25) is 0 Å². The summed E-state index contributed by atoms with van der Waals surface area (Å²) >= 11 is 2.84. The molecule has 0 bridgehead atoms. The molecular formula is C7H3BrClNO3S.